The van der Waals surface area contributed by atoms with Crippen molar-refractivity contribution in [1.82, 2.24) is 35.7 Å². The summed E-state index contributed by atoms with van der Waals surface area (Å²) in [5.74, 6) is -0.00568. The largest absolute Gasteiger partial charge is 0.381 e. The Balaban J connectivity index is 1.57. The van der Waals surface area contributed by atoms with Crippen molar-refractivity contribution in [1.29, 1.82) is 0 Å². The third-order valence-electron chi connectivity index (χ3n) is 9.76. The van der Waals surface area contributed by atoms with Crippen molar-refractivity contribution in [3.05, 3.63) is 82.4 Å². The van der Waals surface area contributed by atoms with E-state index in [0.717, 1.165) is 16.6 Å². The van der Waals surface area contributed by atoms with Crippen LogP contribution in [0.15, 0.2) is 54.7 Å². The second-order valence-electron chi connectivity index (χ2n) is 14.5. The first-order valence-electron chi connectivity index (χ1n) is 17.1. The first-order chi connectivity index (χ1) is 23.3. The van der Waals surface area contributed by atoms with Gasteiger partial charge in [0.05, 0.1) is 28.5 Å². The number of amides is 2. The number of hydrogen-bond acceptors (Lipinski definition) is 7. The van der Waals surface area contributed by atoms with Crippen molar-refractivity contribution in [3.63, 3.8) is 0 Å². The Morgan fingerprint density at radius 1 is 1.10 bits per heavy atom. The average Bonchev–Trinajstić information content (AvgIpc) is 3.69. The fourth-order valence-corrected chi connectivity index (χ4v) is 7.29. The molecular formula is C37H50ClN7O4. The minimum absolute atomic E-state index is 0.0722. The van der Waals surface area contributed by atoms with Crippen LogP contribution in [-0.2, 0) is 22.0 Å². The van der Waals surface area contributed by atoms with Crippen LogP contribution in [0.5, 0.6) is 0 Å². The number of carbonyl (C=O) groups excluding carboxylic acids is 2. The molecule has 264 valence electrons. The zero-order valence-corrected chi connectivity index (χ0v) is 30.3. The fraction of sp³-hybridized carbons (Fsp3) is 0.514. The van der Waals surface area contributed by atoms with Crippen LogP contribution in [-0.4, -0.2) is 68.7 Å². The smallest absolute Gasteiger partial charge is 0.270 e. The number of aliphatic hydroxyl groups excluding tert-OH is 1. The molecule has 4 atom stereocenters. The Morgan fingerprint density at radius 2 is 1.82 bits per heavy atom. The van der Waals surface area contributed by atoms with Gasteiger partial charge in [-0.2, -0.15) is 5.10 Å². The number of likely N-dealkylation sites (N-methyl/N-ethyl adjacent to an activating group) is 1. The van der Waals surface area contributed by atoms with Gasteiger partial charge in [-0.05, 0) is 66.1 Å². The minimum atomic E-state index is -0.908. The third-order valence-corrected chi connectivity index (χ3v) is 10.1. The monoisotopic (exact) mass is 691 g/mol. The van der Waals surface area contributed by atoms with Crippen LogP contribution in [0.4, 0.5) is 0 Å². The molecule has 2 aromatic heterocycles. The van der Waals surface area contributed by atoms with E-state index in [9.17, 15) is 14.7 Å². The highest BCUT2D eigenvalue weighted by Crippen LogP contribution is 2.41. The van der Waals surface area contributed by atoms with E-state index in [-0.39, 0.29) is 23.7 Å². The molecule has 2 aromatic carbocycles. The Bertz CT molecular complexity index is 1750. The number of nitrogens with zero attached hydrogens (tertiary/aromatic N) is 3. The lowest BCUT2D eigenvalue weighted by molar-refractivity contribution is -0.133. The molecule has 5 rings (SSSR count). The Labute approximate surface area is 293 Å². The number of aryl methyl sites for hydroxylation is 1. The summed E-state index contributed by atoms with van der Waals surface area (Å²) in [6.07, 6.45) is 1.66. The number of nitrogens with one attached hydrogen (secondary N) is 4. The maximum atomic E-state index is 14.4. The lowest BCUT2D eigenvalue weighted by Crippen LogP contribution is -2.60. The Morgan fingerprint density at radius 3 is 2.43 bits per heavy atom. The number of fused-ring (bicyclic) bond motifs is 1. The molecule has 1 fully saturated rings. The van der Waals surface area contributed by atoms with Gasteiger partial charge in [0.1, 0.15) is 17.7 Å². The normalized spacial score (nSPS) is 17.4. The number of H-pyrrole nitrogens is 1. The van der Waals surface area contributed by atoms with Crippen molar-refractivity contribution in [3.8, 4) is 0 Å². The lowest BCUT2D eigenvalue weighted by atomic mass is 9.72. The number of benzene rings is 2. The SMILES string of the molecule is CCNC(O)[C@H](NC(=O)C1(c2ccc3nc([C@@H](NC(=O)c4ccnn4C)[C@H](c4ccccc4Cl)C(C)C)[nH]c3c2)CCOCC1)C(C)(C)C. The van der Waals surface area contributed by atoms with Gasteiger partial charge in [-0.25, -0.2) is 4.98 Å². The van der Waals surface area contributed by atoms with Gasteiger partial charge in [-0.15, -0.1) is 0 Å². The molecule has 5 N–H and O–H groups in total. The van der Waals surface area contributed by atoms with E-state index in [1.54, 1.807) is 19.3 Å². The van der Waals surface area contributed by atoms with Gasteiger partial charge in [-0.3, -0.25) is 19.6 Å². The third kappa shape index (κ3) is 7.70. The summed E-state index contributed by atoms with van der Waals surface area (Å²) in [6, 6.07) is 14.1. The summed E-state index contributed by atoms with van der Waals surface area (Å²) < 4.78 is 7.27. The van der Waals surface area contributed by atoms with E-state index >= 15 is 0 Å². The topological polar surface area (TPSA) is 146 Å². The van der Waals surface area contributed by atoms with Gasteiger partial charge >= 0.3 is 0 Å². The summed E-state index contributed by atoms with van der Waals surface area (Å²) in [6.45, 7) is 13.6. The second-order valence-corrected chi connectivity index (χ2v) is 14.9. The molecule has 3 heterocycles. The summed E-state index contributed by atoms with van der Waals surface area (Å²) in [5.41, 5.74) is 2.33. The van der Waals surface area contributed by atoms with Crippen LogP contribution < -0.4 is 16.0 Å². The maximum absolute atomic E-state index is 14.4. The van der Waals surface area contributed by atoms with Gasteiger partial charge in [0.15, 0.2) is 0 Å². The van der Waals surface area contributed by atoms with Crippen molar-refractivity contribution in [2.75, 3.05) is 19.8 Å². The first-order valence-corrected chi connectivity index (χ1v) is 17.5. The molecule has 0 radical (unpaired) electrons. The number of imidazole rings is 1. The summed E-state index contributed by atoms with van der Waals surface area (Å²) >= 11 is 6.76. The molecule has 4 aromatic rings. The molecule has 0 spiro atoms. The van der Waals surface area contributed by atoms with E-state index < -0.39 is 29.1 Å². The van der Waals surface area contributed by atoms with E-state index in [1.807, 2.05) is 70.2 Å². The Kier molecular flexibility index (Phi) is 11.2. The Hall–Kier alpha value is -3.77. The molecule has 11 nitrogen and oxygen atoms in total. The summed E-state index contributed by atoms with van der Waals surface area (Å²) in [4.78, 5) is 36.5. The number of aromatic nitrogens is 4. The van der Waals surface area contributed by atoms with Crippen molar-refractivity contribution in [2.45, 2.75) is 84.0 Å². The van der Waals surface area contributed by atoms with Crippen LogP contribution in [0, 0.1) is 11.3 Å². The summed E-state index contributed by atoms with van der Waals surface area (Å²) in [7, 11) is 1.73. The second kappa shape index (κ2) is 15.0. The molecule has 1 unspecified atom stereocenters. The van der Waals surface area contributed by atoms with Gasteiger partial charge in [-0.1, -0.05) is 77.4 Å². The standard InChI is InChI=1S/C37H50ClN7O4/c1-8-39-34(47)31(36(4,5)6)44-35(48)37(16-19-49-20-17-37)23-13-14-26-27(21-23)42-32(41-26)30(43-33(46)28-15-18-40-45(28)7)29(22(2)3)24-11-9-10-12-25(24)38/h9-15,18,21-22,29-31,34,39,47H,8,16-17,19-20H2,1-7H3,(H,41,42)(H,43,46)(H,44,48)/t29-,30-,31-,34?/m0/s1. The van der Waals surface area contributed by atoms with Crippen molar-refractivity contribution < 1.29 is 19.4 Å². The highest BCUT2D eigenvalue weighted by Gasteiger charge is 2.45. The van der Waals surface area contributed by atoms with Gasteiger partial charge in [0.2, 0.25) is 5.91 Å². The van der Waals surface area contributed by atoms with Crippen LogP contribution in [0.1, 0.15) is 93.8 Å². The molecule has 1 aliphatic heterocycles. The van der Waals surface area contributed by atoms with E-state index in [4.69, 9.17) is 21.3 Å². The van der Waals surface area contributed by atoms with E-state index in [0.29, 0.717) is 54.7 Å². The predicted octanol–water partition coefficient (Wildman–Crippen LogP) is 5.37. The molecular weight excluding hydrogens is 642 g/mol. The number of aliphatic hydroxyl groups is 1. The van der Waals surface area contributed by atoms with E-state index in [2.05, 4.69) is 39.9 Å². The predicted molar refractivity (Wildman–Crippen MR) is 191 cm³/mol. The maximum Gasteiger partial charge on any atom is 0.270 e. The first kappa shape index (κ1) is 36.5. The zero-order chi connectivity index (χ0) is 35.5. The molecule has 49 heavy (non-hydrogen) atoms. The number of ether oxygens (including phenoxy) is 1. The molecule has 1 saturated heterocycles. The van der Waals surface area contributed by atoms with Crippen molar-refractivity contribution in [2.24, 2.45) is 18.4 Å². The molecule has 12 heteroatoms. The van der Waals surface area contributed by atoms with E-state index in [1.165, 1.54) is 4.68 Å². The fourth-order valence-electron chi connectivity index (χ4n) is 7.03. The van der Waals surface area contributed by atoms with Crippen LogP contribution in [0.3, 0.4) is 0 Å². The quantitative estimate of drug-likeness (QED) is 0.126. The molecule has 1 aliphatic rings. The number of aromatic amines is 1. The highest BCUT2D eigenvalue weighted by molar-refractivity contribution is 6.31. The van der Waals surface area contributed by atoms with Gasteiger partial charge in [0.25, 0.3) is 5.91 Å². The average molecular weight is 692 g/mol. The van der Waals surface area contributed by atoms with Gasteiger partial charge < -0.3 is 25.5 Å². The van der Waals surface area contributed by atoms with Crippen molar-refractivity contribution >= 4 is 34.4 Å². The number of hydrogen-bond donors (Lipinski definition) is 5. The van der Waals surface area contributed by atoms with Gasteiger partial charge in [0, 0.05) is 37.4 Å². The minimum Gasteiger partial charge on any atom is -0.381 e. The molecule has 0 saturated carbocycles. The number of carbonyl (C=O) groups is 2. The molecule has 0 bridgehead atoms. The molecule has 2 amide bonds. The zero-order valence-electron chi connectivity index (χ0n) is 29.5. The molecule has 0 aliphatic carbocycles. The summed E-state index contributed by atoms with van der Waals surface area (Å²) in [5, 5.41) is 25.3. The number of halogens is 1. The van der Waals surface area contributed by atoms with Crippen LogP contribution in [0.25, 0.3) is 11.0 Å². The van der Waals surface area contributed by atoms with Crippen LogP contribution in [0.2, 0.25) is 5.02 Å². The highest BCUT2D eigenvalue weighted by atomic mass is 35.5. The van der Waals surface area contributed by atoms with Crippen LogP contribution >= 0.6 is 11.6 Å². The lowest BCUT2D eigenvalue weighted by Gasteiger charge is -2.41. The number of rotatable bonds is 12.